The SMILES string of the molecule is CC1CCN(c2ccnc(-c3ccc(OC(F)(F)F)c(F)c3)c2)CC1.NS. The topological polar surface area (TPSA) is 51.4 Å². The Morgan fingerprint density at radius 2 is 1.81 bits per heavy atom. The first kappa shape index (κ1) is 21.3. The summed E-state index contributed by atoms with van der Waals surface area (Å²) in [6.07, 6.45) is -1.09. The predicted molar refractivity (Wildman–Crippen MR) is 100 cm³/mol. The van der Waals surface area contributed by atoms with Gasteiger partial charge in [0.05, 0.1) is 5.69 Å². The van der Waals surface area contributed by atoms with Gasteiger partial charge < -0.3 is 9.64 Å². The van der Waals surface area contributed by atoms with E-state index in [2.05, 4.69) is 39.5 Å². The van der Waals surface area contributed by atoms with Crippen LogP contribution in [-0.2, 0) is 0 Å². The van der Waals surface area contributed by atoms with Crippen LogP contribution < -0.4 is 14.8 Å². The number of ether oxygens (including phenoxy) is 1. The van der Waals surface area contributed by atoms with Gasteiger partial charge in [-0.2, -0.15) is 0 Å². The van der Waals surface area contributed by atoms with Gasteiger partial charge in [0, 0.05) is 30.5 Å². The molecular weight excluding hydrogens is 382 g/mol. The van der Waals surface area contributed by atoms with E-state index in [1.807, 2.05) is 12.1 Å². The van der Waals surface area contributed by atoms with Gasteiger partial charge in [-0.3, -0.25) is 10.1 Å². The van der Waals surface area contributed by atoms with Gasteiger partial charge in [0.1, 0.15) is 0 Å². The van der Waals surface area contributed by atoms with E-state index >= 15 is 0 Å². The molecule has 0 radical (unpaired) electrons. The molecule has 1 aliphatic heterocycles. The number of nitrogens with zero attached hydrogens (tertiary/aromatic N) is 2. The highest BCUT2D eigenvalue weighted by molar-refractivity contribution is 7.77. The first-order valence-corrected chi connectivity index (χ1v) is 8.86. The molecule has 1 aromatic carbocycles. The van der Waals surface area contributed by atoms with Gasteiger partial charge in [-0.25, -0.2) is 4.39 Å². The highest BCUT2D eigenvalue weighted by Crippen LogP contribution is 2.31. The van der Waals surface area contributed by atoms with Gasteiger partial charge in [0.2, 0.25) is 0 Å². The Bertz CT molecular complexity index is 750. The van der Waals surface area contributed by atoms with E-state index < -0.39 is 17.9 Å². The number of halogens is 4. The van der Waals surface area contributed by atoms with E-state index in [-0.39, 0.29) is 0 Å². The second-order valence-corrected chi connectivity index (χ2v) is 6.26. The molecule has 2 N–H and O–H groups in total. The summed E-state index contributed by atoms with van der Waals surface area (Å²) in [5.74, 6) is -1.22. The zero-order chi connectivity index (χ0) is 20.0. The van der Waals surface area contributed by atoms with E-state index in [1.54, 1.807) is 6.20 Å². The Kier molecular flexibility index (Phi) is 7.32. The van der Waals surface area contributed by atoms with Crippen LogP contribution in [0.3, 0.4) is 0 Å². The highest BCUT2D eigenvalue weighted by atomic mass is 32.1. The van der Waals surface area contributed by atoms with Gasteiger partial charge in [-0.05, 0) is 49.1 Å². The quantitative estimate of drug-likeness (QED) is 0.570. The summed E-state index contributed by atoms with van der Waals surface area (Å²) in [6, 6.07) is 7.06. The number of anilines is 1. The van der Waals surface area contributed by atoms with Crippen molar-refractivity contribution in [3.8, 4) is 17.0 Å². The summed E-state index contributed by atoms with van der Waals surface area (Å²) in [7, 11) is 0. The molecule has 0 aliphatic carbocycles. The van der Waals surface area contributed by atoms with Gasteiger partial charge in [-0.1, -0.05) is 6.92 Å². The summed E-state index contributed by atoms with van der Waals surface area (Å²) in [5, 5.41) is 4.19. The van der Waals surface area contributed by atoms with Crippen molar-refractivity contribution in [3.05, 3.63) is 42.3 Å². The van der Waals surface area contributed by atoms with Crippen LogP contribution >= 0.6 is 12.8 Å². The van der Waals surface area contributed by atoms with Crippen molar-refractivity contribution in [2.45, 2.75) is 26.1 Å². The maximum absolute atomic E-state index is 13.9. The molecule has 0 amide bonds. The largest absolute Gasteiger partial charge is 0.573 e. The second-order valence-electron chi connectivity index (χ2n) is 6.26. The third kappa shape index (κ3) is 6.00. The molecule has 2 heterocycles. The minimum Gasteiger partial charge on any atom is -0.403 e. The number of rotatable bonds is 3. The molecule has 4 nitrogen and oxygen atoms in total. The number of pyridine rings is 1. The van der Waals surface area contributed by atoms with Crippen LogP contribution in [0.25, 0.3) is 11.3 Å². The van der Waals surface area contributed by atoms with Crippen LogP contribution in [0.2, 0.25) is 0 Å². The Labute approximate surface area is 160 Å². The Morgan fingerprint density at radius 3 is 2.41 bits per heavy atom. The Hall–Kier alpha value is -2.00. The summed E-state index contributed by atoms with van der Waals surface area (Å²) in [6.45, 7) is 4.11. The molecule has 1 saturated heterocycles. The lowest BCUT2D eigenvalue weighted by atomic mass is 9.99. The summed E-state index contributed by atoms with van der Waals surface area (Å²) < 4.78 is 54.2. The Balaban J connectivity index is 0.00000126. The molecular formula is C18H21F4N3OS. The van der Waals surface area contributed by atoms with E-state index in [1.165, 1.54) is 6.07 Å². The van der Waals surface area contributed by atoms with E-state index in [0.717, 1.165) is 43.8 Å². The van der Waals surface area contributed by atoms with E-state index in [0.29, 0.717) is 17.2 Å². The molecule has 2 aromatic rings. The molecule has 1 aliphatic rings. The lowest BCUT2D eigenvalue weighted by Gasteiger charge is -2.32. The number of hydrogen-bond acceptors (Lipinski definition) is 5. The number of hydrogen-bond donors (Lipinski definition) is 2. The number of nitrogens with two attached hydrogens (primary N) is 1. The normalized spacial score (nSPS) is 15.1. The zero-order valence-electron chi connectivity index (χ0n) is 14.7. The Morgan fingerprint density at radius 1 is 1.15 bits per heavy atom. The van der Waals surface area contributed by atoms with Crippen LogP contribution in [0.15, 0.2) is 36.5 Å². The smallest absolute Gasteiger partial charge is 0.403 e. The summed E-state index contributed by atoms with van der Waals surface area (Å²) in [4.78, 5) is 6.45. The molecule has 3 rings (SSSR count). The average Bonchev–Trinajstić information content (AvgIpc) is 2.65. The molecule has 9 heteroatoms. The lowest BCUT2D eigenvalue weighted by molar-refractivity contribution is -0.275. The molecule has 27 heavy (non-hydrogen) atoms. The number of benzene rings is 1. The number of piperidine rings is 1. The molecule has 1 aromatic heterocycles. The van der Waals surface area contributed by atoms with Crippen LogP contribution in [-0.4, -0.2) is 24.4 Å². The number of thiol groups is 1. The van der Waals surface area contributed by atoms with Gasteiger partial charge in [0.25, 0.3) is 0 Å². The van der Waals surface area contributed by atoms with Crippen molar-refractivity contribution in [1.82, 2.24) is 4.98 Å². The van der Waals surface area contributed by atoms with E-state index in [4.69, 9.17) is 0 Å². The van der Waals surface area contributed by atoms with Crippen molar-refractivity contribution in [3.63, 3.8) is 0 Å². The first-order valence-electron chi connectivity index (χ1n) is 8.34. The van der Waals surface area contributed by atoms with Crippen LogP contribution in [0, 0.1) is 11.7 Å². The minimum atomic E-state index is -4.92. The van der Waals surface area contributed by atoms with E-state index in [9.17, 15) is 17.6 Å². The van der Waals surface area contributed by atoms with Crippen LogP contribution in [0.1, 0.15) is 19.8 Å². The third-order valence-electron chi connectivity index (χ3n) is 4.35. The van der Waals surface area contributed by atoms with Crippen molar-refractivity contribution in [1.29, 1.82) is 0 Å². The average molecular weight is 403 g/mol. The molecule has 148 valence electrons. The fraction of sp³-hybridized carbons (Fsp3) is 0.389. The first-order chi connectivity index (χ1) is 12.8. The van der Waals surface area contributed by atoms with Crippen molar-refractivity contribution < 1.29 is 22.3 Å². The van der Waals surface area contributed by atoms with Gasteiger partial charge in [0.15, 0.2) is 11.6 Å². The van der Waals surface area contributed by atoms with Crippen molar-refractivity contribution in [2.24, 2.45) is 11.1 Å². The molecule has 0 saturated carbocycles. The number of aromatic nitrogens is 1. The van der Waals surface area contributed by atoms with Crippen LogP contribution in [0.4, 0.5) is 23.2 Å². The fourth-order valence-corrected chi connectivity index (χ4v) is 2.91. The second kappa shape index (κ2) is 9.27. The summed E-state index contributed by atoms with van der Waals surface area (Å²) >= 11 is 3.03. The maximum atomic E-state index is 13.9. The van der Waals surface area contributed by atoms with Crippen molar-refractivity contribution in [2.75, 3.05) is 18.0 Å². The van der Waals surface area contributed by atoms with Crippen molar-refractivity contribution >= 4 is 18.5 Å². The molecule has 1 fully saturated rings. The zero-order valence-corrected chi connectivity index (χ0v) is 15.6. The monoisotopic (exact) mass is 403 g/mol. The molecule has 0 atom stereocenters. The molecule has 0 spiro atoms. The number of alkyl halides is 3. The summed E-state index contributed by atoms with van der Waals surface area (Å²) in [5.41, 5.74) is 1.89. The molecule has 0 bridgehead atoms. The van der Waals surface area contributed by atoms with Gasteiger partial charge in [-0.15, -0.1) is 26.0 Å². The predicted octanol–water partition coefficient (Wildman–Crippen LogP) is 4.81. The molecule has 0 unspecified atom stereocenters. The maximum Gasteiger partial charge on any atom is 0.573 e. The standard InChI is InChI=1S/C18H18F4N2O.H3NS/c1-12-5-8-24(9-6-12)14-4-7-23-16(11-14)13-2-3-17(15(19)10-13)25-18(20,21)22;1-2/h2-4,7,10-12H,5-6,8-9H2,1H3;2H,1H2. The van der Waals surface area contributed by atoms with Crippen LogP contribution in [0.5, 0.6) is 5.75 Å². The third-order valence-corrected chi connectivity index (χ3v) is 4.35. The highest BCUT2D eigenvalue weighted by Gasteiger charge is 2.32. The lowest BCUT2D eigenvalue weighted by Crippen LogP contribution is -2.32. The fourth-order valence-electron chi connectivity index (χ4n) is 2.91. The van der Waals surface area contributed by atoms with Gasteiger partial charge >= 0.3 is 6.36 Å². The minimum absolute atomic E-state index is 0.402.